The van der Waals surface area contributed by atoms with Gasteiger partial charge in [-0.1, -0.05) is 31.2 Å². The highest BCUT2D eigenvalue weighted by atomic mass is 32.2. The molecular weight excluding hydrogens is 232 g/mol. The van der Waals surface area contributed by atoms with E-state index in [4.69, 9.17) is 0 Å². The van der Waals surface area contributed by atoms with Crippen LogP contribution < -0.4 is 0 Å². The maximum atomic E-state index is 11.6. The molecule has 0 heterocycles. The van der Waals surface area contributed by atoms with Crippen LogP contribution in [0.25, 0.3) is 0 Å². The highest BCUT2D eigenvalue weighted by Gasteiger charge is 2.06. The lowest BCUT2D eigenvalue weighted by Gasteiger charge is -2.02. The van der Waals surface area contributed by atoms with Crippen molar-refractivity contribution in [3.05, 3.63) is 35.4 Å². The van der Waals surface area contributed by atoms with Gasteiger partial charge in [0.2, 0.25) is 0 Å². The summed E-state index contributed by atoms with van der Waals surface area (Å²) >= 11 is 1.54. The van der Waals surface area contributed by atoms with E-state index in [1.54, 1.807) is 0 Å². The molecule has 0 saturated carbocycles. The van der Waals surface area contributed by atoms with Crippen molar-refractivity contribution in [3.63, 3.8) is 0 Å². The monoisotopic (exact) mass is 250 g/mol. The average molecular weight is 250 g/mol. The molecule has 2 nitrogen and oxygen atoms in total. The lowest BCUT2D eigenvalue weighted by molar-refractivity contribution is -0.115. The Kier molecular flexibility index (Phi) is 5.98. The van der Waals surface area contributed by atoms with Gasteiger partial charge < -0.3 is 0 Å². The van der Waals surface area contributed by atoms with Gasteiger partial charge in [0, 0.05) is 18.4 Å². The third-order valence-corrected chi connectivity index (χ3v) is 3.07. The molecule has 3 heteroatoms. The number of Topliss-reactive ketones (excluding diaryl/α,β-unsaturated/α-hetero) is 2. The summed E-state index contributed by atoms with van der Waals surface area (Å²) in [5.41, 5.74) is 1.73. The molecule has 0 aliphatic rings. The number of hydrogen-bond donors (Lipinski definition) is 0. The van der Waals surface area contributed by atoms with Crippen LogP contribution in [0.1, 0.15) is 35.7 Å². The second kappa shape index (κ2) is 7.28. The Morgan fingerprint density at radius 1 is 1.18 bits per heavy atom. The first-order chi connectivity index (χ1) is 8.17. The molecule has 0 radical (unpaired) electrons. The highest BCUT2D eigenvalue weighted by molar-refractivity contribution is 7.99. The molecule has 0 unspecified atom stereocenters. The zero-order valence-electron chi connectivity index (χ0n) is 10.4. The van der Waals surface area contributed by atoms with Crippen LogP contribution in [0.4, 0.5) is 0 Å². The van der Waals surface area contributed by atoms with Crippen molar-refractivity contribution in [2.45, 2.75) is 26.2 Å². The summed E-state index contributed by atoms with van der Waals surface area (Å²) in [6.45, 7) is 1.99. The predicted molar refractivity (Wildman–Crippen MR) is 72.8 cm³/mol. The SMILES string of the molecule is CCCC(=O)c1ccc(CC(=O)CSC)cc1. The van der Waals surface area contributed by atoms with Crippen LogP contribution >= 0.6 is 11.8 Å². The molecule has 17 heavy (non-hydrogen) atoms. The Labute approximate surface area is 107 Å². The van der Waals surface area contributed by atoms with Gasteiger partial charge in [0.15, 0.2) is 5.78 Å². The van der Waals surface area contributed by atoms with Gasteiger partial charge in [-0.25, -0.2) is 0 Å². The quantitative estimate of drug-likeness (QED) is 0.697. The van der Waals surface area contributed by atoms with E-state index in [0.717, 1.165) is 17.5 Å². The van der Waals surface area contributed by atoms with Gasteiger partial charge >= 0.3 is 0 Å². The Bertz CT molecular complexity index is 382. The molecule has 0 spiro atoms. The molecule has 1 aromatic carbocycles. The van der Waals surface area contributed by atoms with Gasteiger partial charge in [0.1, 0.15) is 5.78 Å². The molecule has 0 aliphatic heterocycles. The maximum absolute atomic E-state index is 11.6. The lowest BCUT2D eigenvalue weighted by atomic mass is 10.0. The fourth-order valence-electron chi connectivity index (χ4n) is 1.62. The molecule has 1 aromatic rings. The number of benzene rings is 1. The lowest BCUT2D eigenvalue weighted by Crippen LogP contribution is -2.05. The topological polar surface area (TPSA) is 34.1 Å². The summed E-state index contributed by atoms with van der Waals surface area (Å²) in [5.74, 6) is 0.955. The third kappa shape index (κ3) is 4.73. The molecule has 1 rings (SSSR count). The summed E-state index contributed by atoms with van der Waals surface area (Å²) in [6.07, 6.45) is 3.84. The molecule has 0 fully saturated rings. The van der Waals surface area contributed by atoms with Crippen molar-refractivity contribution >= 4 is 23.3 Å². The molecule has 0 atom stereocenters. The summed E-state index contributed by atoms with van der Waals surface area (Å²) in [6, 6.07) is 7.39. The van der Waals surface area contributed by atoms with Crippen LogP contribution in [0.2, 0.25) is 0 Å². The normalized spacial score (nSPS) is 10.2. The highest BCUT2D eigenvalue weighted by Crippen LogP contribution is 2.09. The summed E-state index contributed by atoms with van der Waals surface area (Å²) < 4.78 is 0. The van der Waals surface area contributed by atoms with E-state index in [1.807, 2.05) is 37.4 Å². The fourth-order valence-corrected chi connectivity index (χ4v) is 2.04. The second-order valence-corrected chi connectivity index (χ2v) is 4.88. The van der Waals surface area contributed by atoms with Gasteiger partial charge in [-0.2, -0.15) is 11.8 Å². The van der Waals surface area contributed by atoms with Crippen molar-refractivity contribution in [1.82, 2.24) is 0 Å². The Morgan fingerprint density at radius 2 is 1.82 bits per heavy atom. The predicted octanol–water partition coefficient (Wildman–Crippen LogP) is 3.14. The standard InChI is InChI=1S/C14H18O2S/c1-3-4-14(16)12-7-5-11(6-8-12)9-13(15)10-17-2/h5-8H,3-4,9-10H2,1-2H3. The second-order valence-electron chi connectivity index (χ2n) is 4.02. The van der Waals surface area contributed by atoms with Crippen LogP contribution in [0.5, 0.6) is 0 Å². The summed E-state index contributed by atoms with van der Waals surface area (Å²) in [4.78, 5) is 23.1. The minimum absolute atomic E-state index is 0.175. The molecule has 92 valence electrons. The van der Waals surface area contributed by atoms with E-state index in [1.165, 1.54) is 11.8 Å². The summed E-state index contributed by atoms with van der Waals surface area (Å²) in [5, 5.41) is 0. The maximum Gasteiger partial charge on any atom is 0.162 e. The third-order valence-electron chi connectivity index (χ3n) is 2.46. The number of hydrogen-bond acceptors (Lipinski definition) is 3. The number of thioether (sulfide) groups is 1. The molecule has 0 saturated heterocycles. The number of carbonyl (C=O) groups excluding carboxylic acids is 2. The Hall–Kier alpha value is -1.09. The minimum atomic E-state index is 0.175. The van der Waals surface area contributed by atoms with Gasteiger partial charge in [-0.3, -0.25) is 9.59 Å². The smallest absolute Gasteiger partial charge is 0.162 e. The van der Waals surface area contributed by atoms with Crippen molar-refractivity contribution in [2.24, 2.45) is 0 Å². The largest absolute Gasteiger partial charge is 0.298 e. The number of ketones is 2. The molecule has 0 amide bonds. The van der Waals surface area contributed by atoms with E-state index in [-0.39, 0.29) is 11.6 Å². The van der Waals surface area contributed by atoms with E-state index >= 15 is 0 Å². The first-order valence-electron chi connectivity index (χ1n) is 5.80. The van der Waals surface area contributed by atoms with Crippen LogP contribution in [0, 0.1) is 0 Å². The zero-order chi connectivity index (χ0) is 12.7. The van der Waals surface area contributed by atoms with Gasteiger partial charge in [0.05, 0.1) is 5.75 Å². The van der Waals surface area contributed by atoms with E-state index in [0.29, 0.717) is 18.6 Å². The first kappa shape index (κ1) is 14.0. The first-order valence-corrected chi connectivity index (χ1v) is 7.19. The number of carbonyl (C=O) groups is 2. The fraction of sp³-hybridized carbons (Fsp3) is 0.429. The van der Waals surface area contributed by atoms with Crippen LogP contribution in [-0.4, -0.2) is 23.6 Å². The van der Waals surface area contributed by atoms with Crippen LogP contribution in [0.15, 0.2) is 24.3 Å². The number of rotatable bonds is 7. The average Bonchev–Trinajstić information content (AvgIpc) is 2.30. The Balaban J connectivity index is 2.61. The molecule has 0 aromatic heterocycles. The van der Waals surface area contributed by atoms with Crippen LogP contribution in [-0.2, 0) is 11.2 Å². The van der Waals surface area contributed by atoms with Crippen molar-refractivity contribution in [2.75, 3.05) is 12.0 Å². The summed E-state index contributed by atoms with van der Waals surface area (Å²) in [7, 11) is 0. The van der Waals surface area contributed by atoms with E-state index in [2.05, 4.69) is 0 Å². The van der Waals surface area contributed by atoms with Gasteiger partial charge in [-0.05, 0) is 18.2 Å². The zero-order valence-corrected chi connectivity index (χ0v) is 11.2. The van der Waals surface area contributed by atoms with Crippen molar-refractivity contribution in [3.8, 4) is 0 Å². The van der Waals surface area contributed by atoms with E-state index < -0.39 is 0 Å². The minimum Gasteiger partial charge on any atom is -0.298 e. The Morgan fingerprint density at radius 3 is 2.35 bits per heavy atom. The van der Waals surface area contributed by atoms with Gasteiger partial charge in [-0.15, -0.1) is 0 Å². The van der Waals surface area contributed by atoms with Gasteiger partial charge in [0.25, 0.3) is 0 Å². The van der Waals surface area contributed by atoms with Crippen molar-refractivity contribution < 1.29 is 9.59 Å². The van der Waals surface area contributed by atoms with Crippen molar-refractivity contribution in [1.29, 1.82) is 0 Å². The van der Waals surface area contributed by atoms with Crippen LogP contribution in [0.3, 0.4) is 0 Å². The molecule has 0 bridgehead atoms. The molecule has 0 aliphatic carbocycles. The molecule has 0 N–H and O–H groups in total. The molecular formula is C14H18O2S. The van der Waals surface area contributed by atoms with E-state index in [9.17, 15) is 9.59 Å².